The van der Waals surface area contributed by atoms with Crippen LogP contribution in [0.3, 0.4) is 0 Å². The van der Waals surface area contributed by atoms with Crippen molar-refractivity contribution in [3.8, 4) is 11.1 Å². The van der Waals surface area contributed by atoms with Crippen molar-refractivity contribution in [2.24, 2.45) is 0 Å². The lowest BCUT2D eigenvalue weighted by Crippen LogP contribution is -1.78. The average Bonchev–Trinajstić information content (AvgIpc) is 2.81. The zero-order chi connectivity index (χ0) is 11.0. The molecule has 2 heteroatoms. The molecule has 0 amide bonds. The summed E-state index contributed by atoms with van der Waals surface area (Å²) in [6.45, 7) is 0. The van der Waals surface area contributed by atoms with Gasteiger partial charge in [-0.15, -0.1) is 11.3 Å². The van der Waals surface area contributed by atoms with E-state index in [-0.39, 0.29) is 0 Å². The SMILES string of the molecule is Brc1ccc(-c2ccccc2)c2ccsc12. The normalized spacial score (nSPS) is 10.8. The van der Waals surface area contributed by atoms with E-state index < -0.39 is 0 Å². The molecular weight excluding hydrogens is 280 g/mol. The van der Waals surface area contributed by atoms with Crippen molar-refractivity contribution >= 4 is 37.4 Å². The highest BCUT2D eigenvalue weighted by Crippen LogP contribution is 2.36. The lowest BCUT2D eigenvalue weighted by atomic mass is 10.0. The molecule has 0 nitrogen and oxygen atoms in total. The number of rotatable bonds is 1. The van der Waals surface area contributed by atoms with E-state index in [0.717, 1.165) is 0 Å². The Morgan fingerprint density at radius 1 is 0.875 bits per heavy atom. The fourth-order valence-corrected chi connectivity index (χ4v) is 3.35. The highest BCUT2D eigenvalue weighted by molar-refractivity contribution is 9.10. The Balaban J connectivity index is 2.33. The lowest BCUT2D eigenvalue weighted by Gasteiger charge is -2.04. The van der Waals surface area contributed by atoms with Crippen molar-refractivity contribution in [3.63, 3.8) is 0 Å². The Bertz CT molecular complexity index is 626. The molecule has 1 aromatic heterocycles. The summed E-state index contributed by atoms with van der Waals surface area (Å²) in [5.74, 6) is 0. The van der Waals surface area contributed by atoms with Gasteiger partial charge in [0, 0.05) is 14.6 Å². The first kappa shape index (κ1) is 10.1. The molecule has 0 fully saturated rings. The van der Waals surface area contributed by atoms with E-state index in [0.29, 0.717) is 0 Å². The summed E-state index contributed by atoms with van der Waals surface area (Å²) in [5, 5.41) is 3.47. The van der Waals surface area contributed by atoms with Crippen molar-refractivity contribution in [1.82, 2.24) is 0 Å². The minimum absolute atomic E-state index is 1.18. The third-order valence-electron chi connectivity index (χ3n) is 2.65. The van der Waals surface area contributed by atoms with Gasteiger partial charge >= 0.3 is 0 Å². The average molecular weight is 289 g/mol. The van der Waals surface area contributed by atoms with Crippen LogP contribution in [0.4, 0.5) is 0 Å². The molecule has 0 aliphatic rings. The first-order valence-corrected chi connectivity index (χ1v) is 6.74. The van der Waals surface area contributed by atoms with Gasteiger partial charge in [-0.1, -0.05) is 36.4 Å². The van der Waals surface area contributed by atoms with Crippen LogP contribution in [-0.4, -0.2) is 0 Å². The minimum atomic E-state index is 1.18. The molecule has 0 saturated carbocycles. The van der Waals surface area contributed by atoms with Gasteiger partial charge in [-0.3, -0.25) is 0 Å². The monoisotopic (exact) mass is 288 g/mol. The second-order valence-electron chi connectivity index (χ2n) is 3.62. The van der Waals surface area contributed by atoms with Crippen LogP contribution in [0.2, 0.25) is 0 Å². The molecule has 0 atom stereocenters. The summed E-state index contributed by atoms with van der Waals surface area (Å²) in [7, 11) is 0. The number of fused-ring (bicyclic) bond motifs is 1. The highest BCUT2D eigenvalue weighted by atomic mass is 79.9. The Hall–Kier alpha value is -1.12. The lowest BCUT2D eigenvalue weighted by molar-refractivity contribution is 1.66. The number of hydrogen-bond acceptors (Lipinski definition) is 1. The van der Waals surface area contributed by atoms with Crippen LogP contribution in [0.1, 0.15) is 0 Å². The number of thiophene rings is 1. The molecule has 78 valence electrons. The quantitative estimate of drug-likeness (QED) is 0.568. The molecule has 0 aliphatic heterocycles. The van der Waals surface area contributed by atoms with Gasteiger partial charge in [0.25, 0.3) is 0 Å². The summed E-state index contributed by atoms with van der Waals surface area (Å²) < 4.78 is 2.50. The second kappa shape index (κ2) is 4.04. The molecule has 3 rings (SSSR count). The Morgan fingerprint density at radius 3 is 2.50 bits per heavy atom. The maximum atomic E-state index is 3.59. The number of benzene rings is 2. The third-order valence-corrected chi connectivity index (χ3v) is 4.52. The van der Waals surface area contributed by atoms with Crippen LogP contribution < -0.4 is 0 Å². The van der Waals surface area contributed by atoms with Crippen molar-refractivity contribution < 1.29 is 0 Å². The van der Waals surface area contributed by atoms with Gasteiger partial charge in [0.1, 0.15) is 0 Å². The van der Waals surface area contributed by atoms with Crippen LogP contribution in [-0.2, 0) is 0 Å². The minimum Gasteiger partial charge on any atom is -0.143 e. The van der Waals surface area contributed by atoms with Crippen molar-refractivity contribution in [3.05, 3.63) is 58.4 Å². The molecule has 0 N–H and O–H groups in total. The van der Waals surface area contributed by atoms with Crippen LogP contribution >= 0.6 is 27.3 Å². The molecular formula is C14H9BrS. The first-order valence-electron chi connectivity index (χ1n) is 5.07. The summed E-state index contributed by atoms with van der Waals surface area (Å²) in [6.07, 6.45) is 0. The molecule has 2 aromatic carbocycles. The van der Waals surface area contributed by atoms with Crippen LogP contribution in [0.25, 0.3) is 21.2 Å². The Morgan fingerprint density at radius 2 is 1.69 bits per heavy atom. The first-order chi connectivity index (χ1) is 7.86. The second-order valence-corrected chi connectivity index (χ2v) is 5.39. The predicted octanol–water partition coefficient (Wildman–Crippen LogP) is 5.33. The smallest absolute Gasteiger partial charge is 0.0491 e. The van der Waals surface area contributed by atoms with Crippen molar-refractivity contribution in [1.29, 1.82) is 0 Å². The maximum absolute atomic E-state index is 3.59. The van der Waals surface area contributed by atoms with Gasteiger partial charge in [-0.2, -0.15) is 0 Å². The van der Waals surface area contributed by atoms with Gasteiger partial charge in [0.05, 0.1) is 0 Å². The Labute approximate surface area is 107 Å². The van der Waals surface area contributed by atoms with E-state index >= 15 is 0 Å². The molecule has 0 saturated heterocycles. The van der Waals surface area contributed by atoms with Gasteiger partial charge in [0.15, 0.2) is 0 Å². The van der Waals surface area contributed by atoms with Crippen LogP contribution in [0, 0.1) is 0 Å². The molecule has 0 aliphatic carbocycles. The van der Waals surface area contributed by atoms with Crippen LogP contribution in [0.15, 0.2) is 58.4 Å². The predicted molar refractivity (Wildman–Crippen MR) is 75.0 cm³/mol. The van der Waals surface area contributed by atoms with Crippen molar-refractivity contribution in [2.45, 2.75) is 0 Å². The van der Waals surface area contributed by atoms with E-state index in [1.807, 2.05) is 6.07 Å². The molecule has 0 spiro atoms. The number of halogens is 1. The zero-order valence-corrected chi connectivity index (χ0v) is 10.9. The summed E-state index contributed by atoms with van der Waals surface area (Å²) in [6, 6.07) is 17.0. The third kappa shape index (κ3) is 1.58. The van der Waals surface area contributed by atoms with E-state index in [9.17, 15) is 0 Å². The van der Waals surface area contributed by atoms with E-state index in [4.69, 9.17) is 0 Å². The highest BCUT2D eigenvalue weighted by Gasteiger charge is 2.06. The van der Waals surface area contributed by atoms with E-state index in [1.54, 1.807) is 11.3 Å². The largest absolute Gasteiger partial charge is 0.143 e. The maximum Gasteiger partial charge on any atom is 0.0491 e. The Kier molecular flexibility index (Phi) is 2.54. The molecule has 0 bridgehead atoms. The molecule has 0 radical (unpaired) electrons. The molecule has 0 unspecified atom stereocenters. The molecule has 1 heterocycles. The van der Waals surface area contributed by atoms with Crippen molar-refractivity contribution in [2.75, 3.05) is 0 Å². The molecule has 3 aromatic rings. The summed E-state index contributed by atoms with van der Waals surface area (Å²) in [4.78, 5) is 0. The van der Waals surface area contributed by atoms with Crippen LogP contribution in [0.5, 0.6) is 0 Å². The van der Waals surface area contributed by atoms with Gasteiger partial charge in [-0.05, 0) is 44.6 Å². The number of hydrogen-bond donors (Lipinski definition) is 0. The van der Waals surface area contributed by atoms with Gasteiger partial charge in [-0.25, -0.2) is 0 Å². The van der Waals surface area contributed by atoms with E-state index in [1.165, 1.54) is 25.7 Å². The summed E-state index contributed by atoms with van der Waals surface area (Å²) >= 11 is 5.37. The summed E-state index contributed by atoms with van der Waals surface area (Å²) in [5.41, 5.74) is 2.58. The fraction of sp³-hybridized carbons (Fsp3) is 0. The topological polar surface area (TPSA) is 0 Å². The fourth-order valence-electron chi connectivity index (χ4n) is 1.90. The molecule has 16 heavy (non-hydrogen) atoms. The standard InChI is InChI=1S/C14H9BrS/c15-13-7-6-11(10-4-2-1-3-5-10)12-8-9-16-14(12)13/h1-9H. The van der Waals surface area contributed by atoms with Gasteiger partial charge < -0.3 is 0 Å². The van der Waals surface area contributed by atoms with Gasteiger partial charge in [0.2, 0.25) is 0 Å². The zero-order valence-electron chi connectivity index (χ0n) is 8.48. The van der Waals surface area contributed by atoms with E-state index in [2.05, 4.69) is 63.8 Å².